The molecule has 78 valence electrons. The molecule has 4 nitrogen and oxygen atoms in total. The van der Waals surface area contributed by atoms with E-state index in [1.165, 1.54) is 0 Å². The maximum Gasteiger partial charge on any atom is 0.307 e. The molecule has 0 aromatic heterocycles. The summed E-state index contributed by atoms with van der Waals surface area (Å²) in [5.74, 6) is -1.13. The fourth-order valence-corrected chi connectivity index (χ4v) is 0.894. The first kappa shape index (κ1) is 12.4. The maximum absolute atomic E-state index is 10.6. The summed E-state index contributed by atoms with van der Waals surface area (Å²) in [6.07, 6.45) is 0. The van der Waals surface area contributed by atoms with Crippen LogP contribution in [0.2, 0.25) is 0 Å². The van der Waals surface area contributed by atoms with Gasteiger partial charge in [-0.25, -0.2) is 0 Å². The molecule has 0 bridgehead atoms. The molecule has 0 aliphatic heterocycles. The van der Waals surface area contributed by atoms with E-state index in [0.717, 1.165) is 0 Å². The zero-order valence-corrected chi connectivity index (χ0v) is 8.54. The monoisotopic (exact) mass is 189 g/mol. The van der Waals surface area contributed by atoms with E-state index < -0.39 is 5.97 Å². The van der Waals surface area contributed by atoms with Gasteiger partial charge in [-0.05, 0) is 13.8 Å². The van der Waals surface area contributed by atoms with E-state index in [1.807, 2.05) is 13.8 Å². The molecule has 0 saturated heterocycles. The number of rotatable bonds is 7. The van der Waals surface area contributed by atoms with Crippen LogP contribution in [0.15, 0.2) is 0 Å². The minimum atomic E-state index is -0.767. The molecular formula is C9H19NO3. The minimum absolute atomic E-state index is 0.0158. The zero-order valence-electron chi connectivity index (χ0n) is 8.54. The summed E-state index contributed by atoms with van der Waals surface area (Å²) in [6.45, 7) is 7.53. The first-order valence-electron chi connectivity index (χ1n) is 4.63. The van der Waals surface area contributed by atoms with Crippen LogP contribution in [0.3, 0.4) is 0 Å². The van der Waals surface area contributed by atoms with Crippen molar-refractivity contribution in [1.29, 1.82) is 0 Å². The lowest BCUT2D eigenvalue weighted by Gasteiger charge is -2.17. The van der Waals surface area contributed by atoms with Crippen molar-refractivity contribution < 1.29 is 14.6 Å². The van der Waals surface area contributed by atoms with E-state index >= 15 is 0 Å². The molecule has 2 atom stereocenters. The molecule has 0 spiro atoms. The number of hydrogen-bond donors (Lipinski definition) is 2. The highest BCUT2D eigenvalue weighted by atomic mass is 16.5. The van der Waals surface area contributed by atoms with Crippen molar-refractivity contribution >= 4 is 5.97 Å². The van der Waals surface area contributed by atoms with Crippen LogP contribution in [0.25, 0.3) is 0 Å². The Balaban J connectivity index is 3.50. The summed E-state index contributed by atoms with van der Waals surface area (Å²) in [6, 6.07) is -0.0158. The van der Waals surface area contributed by atoms with Gasteiger partial charge in [0.05, 0.1) is 12.5 Å². The van der Waals surface area contributed by atoms with Gasteiger partial charge in [-0.2, -0.15) is 0 Å². The normalized spacial score (nSPS) is 15.3. The van der Waals surface area contributed by atoms with Gasteiger partial charge in [0, 0.05) is 19.2 Å². The molecule has 0 heterocycles. The Kier molecular flexibility index (Phi) is 6.54. The Labute approximate surface area is 79.3 Å². The fourth-order valence-electron chi connectivity index (χ4n) is 0.894. The third-order valence-corrected chi connectivity index (χ3v) is 2.06. The van der Waals surface area contributed by atoms with Gasteiger partial charge < -0.3 is 15.2 Å². The number of carboxylic acids is 1. The quantitative estimate of drug-likeness (QED) is 0.579. The first-order chi connectivity index (χ1) is 6.09. The highest BCUT2D eigenvalue weighted by Gasteiger charge is 2.17. The van der Waals surface area contributed by atoms with Crippen molar-refractivity contribution in [2.45, 2.75) is 26.8 Å². The summed E-state index contributed by atoms with van der Waals surface area (Å²) in [7, 11) is 0. The van der Waals surface area contributed by atoms with Crippen molar-refractivity contribution in [3.63, 3.8) is 0 Å². The van der Waals surface area contributed by atoms with E-state index in [9.17, 15) is 4.79 Å². The highest BCUT2D eigenvalue weighted by molar-refractivity contribution is 5.70. The van der Waals surface area contributed by atoms with Crippen LogP contribution in [0.1, 0.15) is 20.8 Å². The molecule has 0 fully saturated rings. The van der Waals surface area contributed by atoms with Crippen LogP contribution in [-0.4, -0.2) is 36.9 Å². The van der Waals surface area contributed by atoms with Crippen LogP contribution in [-0.2, 0) is 9.53 Å². The molecule has 0 aromatic carbocycles. The topological polar surface area (TPSA) is 58.6 Å². The van der Waals surface area contributed by atoms with Gasteiger partial charge in [-0.15, -0.1) is 0 Å². The predicted octanol–water partition coefficient (Wildman–Crippen LogP) is 0.722. The number of ether oxygens (including phenoxy) is 1. The van der Waals surface area contributed by atoms with Crippen molar-refractivity contribution in [2.75, 3.05) is 19.8 Å². The van der Waals surface area contributed by atoms with Crippen molar-refractivity contribution in [3.05, 3.63) is 0 Å². The molecule has 0 aromatic rings. The molecule has 0 aliphatic carbocycles. The van der Waals surface area contributed by atoms with Crippen LogP contribution in [0, 0.1) is 5.92 Å². The molecule has 4 heteroatoms. The molecule has 2 unspecified atom stereocenters. The number of hydrogen-bond acceptors (Lipinski definition) is 3. The SMILES string of the molecule is CCOCCNC(C)C(C)C(=O)O. The number of nitrogens with one attached hydrogen (secondary N) is 1. The number of aliphatic carboxylic acids is 1. The summed E-state index contributed by atoms with van der Waals surface area (Å²) in [5.41, 5.74) is 0. The van der Waals surface area contributed by atoms with Crippen LogP contribution in [0.5, 0.6) is 0 Å². The second kappa shape index (κ2) is 6.86. The van der Waals surface area contributed by atoms with E-state index in [4.69, 9.17) is 9.84 Å². The molecule has 0 rings (SSSR count). The van der Waals surface area contributed by atoms with E-state index in [0.29, 0.717) is 19.8 Å². The lowest BCUT2D eigenvalue weighted by Crippen LogP contribution is -2.37. The highest BCUT2D eigenvalue weighted by Crippen LogP contribution is 2.01. The van der Waals surface area contributed by atoms with Crippen molar-refractivity contribution in [2.24, 2.45) is 5.92 Å². The van der Waals surface area contributed by atoms with Gasteiger partial charge in [0.1, 0.15) is 0 Å². The third-order valence-electron chi connectivity index (χ3n) is 2.06. The maximum atomic E-state index is 10.6. The standard InChI is InChI=1S/C9H19NO3/c1-4-13-6-5-10-8(3)7(2)9(11)12/h7-8,10H,4-6H2,1-3H3,(H,11,12). The van der Waals surface area contributed by atoms with Crippen molar-refractivity contribution in [3.8, 4) is 0 Å². The lowest BCUT2D eigenvalue weighted by molar-refractivity contribution is -0.141. The second-order valence-corrected chi connectivity index (χ2v) is 3.07. The van der Waals surface area contributed by atoms with Crippen LogP contribution >= 0.6 is 0 Å². The predicted molar refractivity (Wildman–Crippen MR) is 50.8 cm³/mol. The second-order valence-electron chi connectivity index (χ2n) is 3.07. The summed E-state index contributed by atoms with van der Waals surface area (Å²) in [5, 5.41) is 11.8. The van der Waals surface area contributed by atoms with Gasteiger partial charge in [0.15, 0.2) is 0 Å². The first-order valence-corrected chi connectivity index (χ1v) is 4.63. The fraction of sp³-hybridized carbons (Fsp3) is 0.889. The summed E-state index contributed by atoms with van der Waals surface area (Å²) >= 11 is 0. The van der Waals surface area contributed by atoms with Crippen LogP contribution < -0.4 is 5.32 Å². The van der Waals surface area contributed by atoms with Gasteiger partial charge >= 0.3 is 5.97 Å². The van der Waals surface area contributed by atoms with Gasteiger partial charge in [-0.1, -0.05) is 6.92 Å². The molecule has 0 amide bonds. The minimum Gasteiger partial charge on any atom is -0.481 e. The molecule has 13 heavy (non-hydrogen) atoms. The van der Waals surface area contributed by atoms with Crippen molar-refractivity contribution in [1.82, 2.24) is 5.32 Å². The molecule has 0 aliphatic rings. The van der Waals surface area contributed by atoms with Gasteiger partial charge in [-0.3, -0.25) is 4.79 Å². The Morgan fingerprint density at radius 3 is 2.62 bits per heavy atom. The molecule has 0 saturated carbocycles. The Morgan fingerprint density at radius 2 is 2.15 bits per heavy atom. The largest absolute Gasteiger partial charge is 0.481 e. The Bertz CT molecular complexity index is 150. The third kappa shape index (κ3) is 5.60. The average molecular weight is 189 g/mol. The summed E-state index contributed by atoms with van der Waals surface area (Å²) < 4.78 is 5.11. The Hall–Kier alpha value is -0.610. The lowest BCUT2D eigenvalue weighted by atomic mass is 10.0. The zero-order chi connectivity index (χ0) is 10.3. The molecular weight excluding hydrogens is 170 g/mol. The Morgan fingerprint density at radius 1 is 1.54 bits per heavy atom. The number of carboxylic acid groups (broad SMARTS) is 1. The smallest absolute Gasteiger partial charge is 0.307 e. The summed E-state index contributed by atoms with van der Waals surface area (Å²) in [4.78, 5) is 10.6. The van der Waals surface area contributed by atoms with Crippen LogP contribution in [0.4, 0.5) is 0 Å². The van der Waals surface area contributed by atoms with Gasteiger partial charge in [0.25, 0.3) is 0 Å². The van der Waals surface area contributed by atoms with E-state index in [2.05, 4.69) is 5.32 Å². The average Bonchev–Trinajstić information content (AvgIpc) is 2.10. The molecule has 2 N–H and O–H groups in total. The van der Waals surface area contributed by atoms with Gasteiger partial charge in [0.2, 0.25) is 0 Å². The van der Waals surface area contributed by atoms with E-state index in [1.54, 1.807) is 6.92 Å². The number of carbonyl (C=O) groups is 1. The molecule has 0 radical (unpaired) electrons. The van der Waals surface area contributed by atoms with E-state index in [-0.39, 0.29) is 12.0 Å².